The van der Waals surface area contributed by atoms with Gasteiger partial charge < -0.3 is 4.90 Å². The molecule has 1 aromatic rings. The van der Waals surface area contributed by atoms with E-state index in [1.54, 1.807) is 23.1 Å². The van der Waals surface area contributed by atoms with Gasteiger partial charge >= 0.3 is 0 Å². The summed E-state index contributed by atoms with van der Waals surface area (Å²) in [5.74, 6) is 0.115. The Morgan fingerprint density at radius 2 is 2.24 bits per heavy atom. The van der Waals surface area contributed by atoms with Crippen molar-refractivity contribution in [2.75, 3.05) is 12.4 Å². The summed E-state index contributed by atoms with van der Waals surface area (Å²) in [6.07, 6.45) is 2.06. The van der Waals surface area contributed by atoms with Crippen molar-refractivity contribution in [2.24, 2.45) is 0 Å². The molecule has 1 unspecified atom stereocenters. The molecule has 1 heterocycles. The summed E-state index contributed by atoms with van der Waals surface area (Å²) in [6, 6.07) is 6.52. The molecule has 0 radical (unpaired) electrons. The first-order valence-corrected chi connectivity index (χ1v) is 6.34. The van der Waals surface area contributed by atoms with E-state index in [1.807, 2.05) is 0 Å². The minimum absolute atomic E-state index is 0.0294. The Bertz CT molecular complexity index is 410. The van der Waals surface area contributed by atoms with E-state index < -0.39 is 0 Å². The molecule has 2 nitrogen and oxygen atoms in total. The summed E-state index contributed by atoms with van der Waals surface area (Å²) in [6.45, 7) is 0.741. The van der Waals surface area contributed by atoms with Gasteiger partial charge in [0.2, 0.25) is 5.91 Å². The number of carbonyl (C=O) groups excluding carboxylic acids is 1. The number of rotatable bonds is 3. The monoisotopic (exact) mass is 255 g/mol. The fraction of sp³-hybridized carbons (Fsp3) is 0.462. The highest BCUT2D eigenvalue weighted by molar-refractivity contribution is 6.18. The van der Waals surface area contributed by atoms with Gasteiger partial charge in [0.15, 0.2) is 0 Å². The Labute approximate surface area is 105 Å². The molecular formula is C13H15ClFNO. The number of amides is 1. The maximum Gasteiger partial charge on any atom is 0.227 e. The lowest BCUT2D eigenvalue weighted by molar-refractivity contribution is -0.130. The molecule has 2 rings (SSSR count). The molecule has 0 aliphatic carbocycles. The lowest BCUT2D eigenvalue weighted by atomic mass is 10.1. The quantitative estimate of drug-likeness (QED) is 0.761. The largest absolute Gasteiger partial charge is 0.338 e. The Balaban J connectivity index is 2.04. The van der Waals surface area contributed by atoms with Crippen molar-refractivity contribution in [1.82, 2.24) is 4.90 Å². The zero-order valence-corrected chi connectivity index (χ0v) is 10.3. The van der Waals surface area contributed by atoms with Crippen LogP contribution in [0.15, 0.2) is 24.3 Å². The summed E-state index contributed by atoms with van der Waals surface area (Å²) in [5.41, 5.74) is 0.456. The van der Waals surface area contributed by atoms with Crippen LogP contribution in [0.4, 0.5) is 4.39 Å². The van der Waals surface area contributed by atoms with Gasteiger partial charge in [0.1, 0.15) is 5.82 Å². The van der Waals surface area contributed by atoms with Crippen LogP contribution in [0.25, 0.3) is 0 Å². The predicted molar refractivity (Wildman–Crippen MR) is 65.6 cm³/mol. The van der Waals surface area contributed by atoms with Gasteiger partial charge in [-0.2, -0.15) is 0 Å². The summed E-state index contributed by atoms with van der Waals surface area (Å²) in [7, 11) is 0. The average Bonchev–Trinajstić information content (AvgIpc) is 2.80. The Morgan fingerprint density at radius 3 is 2.94 bits per heavy atom. The standard InChI is InChI=1S/C13H15ClFNO/c14-9-11-5-3-7-16(11)13(17)8-10-4-1-2-6-12(10)15/h1-2,4,6,11H,3,5,7-9H2. The van der Waals surface area contributed by atoms with Gasteiger partial charge in [-0.05, 0) is 24.5 Å². The van der Waals surface area contributed by atoms with Gasteiger partial charge in [-0.15, -0.1) is 11.6 Å². The first-order chi connectivity index (χ1) is 8.22. The van der Waals surface area contributed by atoms with Gasteiger partial charge in [0.25, 0.3) is 0 Å². The van der Waals surface area contributed by atoms with E-state index in [4.69, 9.17) is 11.6 Å². The third-order valence-corrected chi connectivity index (χ3v) is 3.53. The van der Waals surface area contributed by atoms with Crippen molar-refractivity contribution in [3.05, 3.63) is 35.6 Å². The van der Waals surface area contributed by atoms with Crippen LogP contribution in [0.1, 0.15) is 18.4 Å². The topological polar surface area (TPSA) is 20.3 Å². The minimum Gasteiger partial charge on any atom is -0.338 e. The molecule has 0 N–H and O–H groups in total. The van der Waals surface area contributed by atoms with E-state index in [0.29, 0.717) is 11.4 Å². The van der Waals surface area contributed by atoms with Crippen molar-refractivity contribution >= 4 is 17.5 Å². The van der Waals surface area contributed by atoms with Crippen molar-refractivity contribution < 1.29 is 9.18 Å². The number of alkyl halides is 1. The molecule has 0 spiro atoms. The highest BCUT2D eigenvalue weighted by atomic mass is 35.5. The number of nitrogens with zero attached hydrogens (tertiary/aromatic N) is 1. The molecule has 0 aromatic heterocycles. The number of carbonyl (C=O) groups is 1. The van der Waals surface area contributed by atoms with E-state index in [9.17, 15) is 9.18 Å². The smallest absolute Gasteiger partial charge is 0.227 e. The summed E-state index contributed by atoms with van der Waals surface area (Å²) in [5, 5.41) is 0. The third kappa shape index (κ3) is 2.78. The molecule has 17 heavy (non-hydrogen) atoms. The molecule has 1 atom stereocenters. The lowest BCUT2D eigenvalue weighted by Crippen LogP contribution is -2.37. The maximum atomic E-state index is 13.4. The van der Waals surface area contributed by atoms with E-state index in [-0.39, 0.29) is 24.2 Å². The Kier molecular flexibility index (Phi) is 4.00. The fourth-order valence-electron chi connectivity index (χ4n) is 2.23. The fourth-order valence-corrected chi connectivity index (χ4v) is 2.55. The van der Waals surface area contributed by atoms with Crippen molar-refractivity contribution in [3.63, 3.8) is 0 Å². The van der Waals surface area contributed by atoms with Gasteiger partial charge in [0.05, 0.1) is 6.42 Å². The van der Waals surface area contributed by atoms with Crippen LogP contribution in [-0.4, -0.2) is 29.3 Å². The highest BCUT2D eigenvalue weighted by Gasteiger charge is 2.28. The summed E-state index contributed by atoms with van der Waals surface area (Å²) < 4.78 is 13.4. The predicted octanol–water partition coefficient (Wildman–Crippen LogP) is 2.60. The number of likely N-dealkylation sites (tertiary alicyclic amines) is 1. The Morgan fingerprint density at radius 1 is 1.47 bits per heavy atom. The molecule has 1 aliphatic rings. The second-order valence-corrected chi connectivity index (χ2v) is 4.61. The molecule has 1 fully saturated rings. The molecule has 1 aromatic carbocycles. The second kappa shape index (κ2) is 5.50. The maximum absolute atomic E-state index is 13.4. The van der Waals surface area contributed by atoms with Gasteiger partial charge in [-0.25, -0.2) is 4.39 Å². The zero-order chi connectivity index (χ0) is 12.3. The molecular weight excluding hydrogens is 241 g/mol. The number of hydrogen-bond donors (Lipinski definition) is 0. The van der Waals surface area contributed by atoms with Crippen molar-refractivity contribution in [1.29, 1.82) is 0 Å². The van der Waals surface area contributed by atoms with Crippen LogP contribution in [0, 0.1) is 5.82 Å². The molecule has 1 saturated heterocycles. The van der Waals surface area contributed by atoms with E-state index in [2.05, 4.69) is 0 Å². The van der Waals surface area contributed by atoms with Crippen LogP contribution < -0.4 is 0 Å². The molecule has 0 saturated carbocycles. The van der Waals surface area contributed by atoms with Crippen LogP contribution >= 0.6 is 11.6 Å². The van der Waals surface area contributed by atoms with Gasteiger partial charge in [0, 0.05) is 18.5 Å². The van der Waals surface area contributed by atoms with Gasteiger partial charge in [-0.1, -0.05) is 18.2 Å². The van der Waals surface area contributed by atoms with Crippen LogP contribution in [0.2, 0.25) is 0 Å². The normalized spacial score (nSPS) is 19.6. The molecule has 1 amide bonds. The van der Waals surface area contributed by atoms with Crippen LogP contribution in [-0.2, 0) is 11.2 Å². The summed E-state index contributed by atoms with van der Waals surface area (Å²) >= 11 is 5.81. The first-order valence-electron chi connectivity index (χ1n) is 5.81. The average molecular weight is 256 g/mol. The highest BCUT2D eigenvalue weighted by Crippen LogP contribution is 2.20. The van der Waals surface area contributed by atoms with E-state index in [1.165, 1.54) is 6.07 Å². The second-order valence-electron chi connectivity index (χ2n) is 4.31. The van der Waals surface area contributed by atoms with Crippen molar-refractivity contribution in [2.45, 2.75) is 25.3 Å². The summed E-state index contributed by atoms with van der Waals surface area (Å²) in [4.78, 5) is 13.8. The third-order valence-electron chi connectivity index (χ3n) is 3.18. The lowest BCUT2D eigenvalue weighted by Gasteiger charge is -2.23. The number of hydrogen-bond acceptors (Lipinski definition) is 1. The molecule has 4 heteroatoms. The van der Waals surface area contributed by atoms with E-state index in [0.717, 1.165) is 19.4 Å². The molecule has 0 bridgehead atoms. The SMILES string of the molecule is O=C(Cc1ccccc1F)N1CCCC1CCl. The van der Waals surface area contributed by atoms with E-state index >= 15 is 0 Å². The van der Waals surface area contributed by atoms with Gasteiger partial charge in [-0.3, -0.25) is 4.79 Å². The molecule has 1 aliphatic heterocycles. The number of halogens is 2. The van der Waals surface area contributed by atoms with Crippen LogP contribution in [0.5, 0.6) is 0 Å². The van der Waals surface area contributed by atoms with Crippen LogP contribution in [0.3, 0.4) is 0 Å². The van der Waals surface area contributed by atoms with Crippen molar-refractivity contribution in [3.8, 4) is 0 Å². The number of benzene rings is 1. The molecule has 92 valence electrons. The Hall–Kier alpha value is -1.09. The zero-order valence-electron chi connectivity index (χ0n) is 9.53. The minimum atomic E-state index is -0.317. The first kappa shape index (κ1) is 12.4.